The third-order valence-corrected chi connectivity index (χ3v) is 2.31. The van der Waals surface area contributed by atoms with Gasteiger partial charge >= 0.3 is 6.18 Å². The van der Waals surface area contributed by atoms with Crippen molar-refractivity contribution in [1.82, 2.24) is 10.3 Å². The average molecular weight is 225 g/mol. The second-order valence-electron chi connectivity index (χ2n) is 2.61. The third kappa shape index (κ3) is 3.93. The fourth-order valence-corrected chi connectivity index (χ4v) is 1.51. The van der Waals surface area contributed by atoms with Gasteiger partial charge in [0.2, 0.25) is 0 Å². The van der Waals surface area contributed by atoms with Crippen LogP contribution in [0.3, 0.4) is 0 Å². The molecule has 7 heteroatoms. The number of alkyl halides is 3. The Bertz CT molecular complexity index is 284. The highest BCUT2D eigenvalue weighted by Gasteiger charge is 2.26. The van der Waals surface area contributed by atoms with Crippen molar-refractivity contribution in [1.29, 1.82) is 0 Å². The molecule has 1 rings (SSSR count). The predicted molar refractivity (Wildman–Crippen MR) is 49.4 cm³/mol. The summed E-state index contributed by atoms with van der Waals surface area (Å²) in [6.07, 6.45) is -4.16. The van der Waals surface area contributed by atoms with Crippen molar-refractivity contribution >= 4 is 16.5 Å². The molecule has 1 heterocycles. The SMILES string of the molecule is CNc1nc(CNCC(F)(F)F)cs1. The summed E-state index contributed by atoms with van der Waals surface area (Å²) in [5.41, 5.74) is 0.614. The molecule has 0 aliphatic rings. The van der Waals surface area contributed by atoms with E-state index in [4.69, 9.17) is 0 Å². The molecule has 0 unspecified atom stereocenters. The lowest BCUT2D eigenvalue weighted by Crippen LogP contribution is -2.28. The zero-order valence-corrected chi connectivity index (χ0v) is 8.30. The van der Waals surface area contributed by atoms with E-state index in [9.17, 15) is 13.2 Å². The number of halogens is 3. The first-order valence-corrected chi connectivity index (χ1v) is 4.79. The molecule has 0 aromatic carbocycles. The maximum atomic E-state index is 11.7. The Kier molecular flexibility index (Phi) is 3.70. The number of hydrogen-bond acceptors (Lipinski definition) is 4. The van der Waals surface area contributed by atoms with Gasteiger partial charge in [-0.25, -0.2) is 4.98 Å². The molecule has 3 nitrogen and oxygen atoms in total. The van der Waals surface area contributed by atoms with E-state index in [-0.39, 0.29) is 6.54 Å². The first kappa shape index (κ1) is 11.3. The summed E-state index contributed by atoms with van der Waals surface area (Å²) in [6.45, 7) is -0.850. The van der Waals surface area contributed by atoms with Gasteiger partial charge in [-0.05, 0) is 0 Å². The minimum absolute atomic E-state index is 0.137. The maximum Gasteiger partial charge on any atom is 0.401 e. The van der Waals surface area contributed by atoms with Gasteiger partial charge in [-0.3, -0.25) is 0 Å². The van der Waals surface area contributed by atoms with E-state index in [0.717, 1.165) is 0 Å². The Labute approximate surface area is 83.3 Å². The smallest absolute Gasteiger partial charge is 0.365 e. The summed E-state index contributed by atoms with van der Waals surface area (Å²) in [5.74, 6) is 0. The van der Waals surface area contributed by atoms with Gasteiger partial charge in [0.15, 0.2) is 5.13 Å². The van der Waals surface area contributed by atoms with E-state index >= 15 is 0 Å². The van der Waals surface area contributed by atoms with E-state index < -0.39 is 12.7 Å². The lowest BCUT2D eigenvalue weighted by atomic mass is 10.5. The van der Waals surface area contributed by atoms with Crippen LogP contribution in [0.4, 0.5) is 18.3 Å². The van der Waals surface area contributed by atoms with Gasteiger partial charge in [-0.15, -0.1) is 11.3 Å². The number of thiazole rings is 1. The normalized spacial score (nSPS) is 11.7. The van der Waals surface area contributed by atoms with Crippen molar-refractivity contribution in [2.75, 3.05) is 18.9 Å². The van der Waals surface area contributed by atoms with Gasteiger partial charge in [0.1, 0.15) is 0 Å². The summed E-state index contributed by atoms with van der Waals surface area (Å²) >= 11 is 1.36. The molecule has 0 aliphatic carbocycles. The maximum absolute atomic E-state index is 11.7. The van der Waals surface area contributed by atoms with Gasteiger partial charge in [0, 0.05) is 19.0 Å². The fraction of sp³-hybridized carbons (Fsp3) is 0.571. The van der Waals surface area contributed by atoms with Gasteiger partial charge in [0.05, 0.1) is 12.2 Å². The van der Waals surface area contributed by atoms with Gasteiger partial charge < -0.3 is 10.6 Å². The molecule has 0 radical (unpaired) electrons. The van der Waals surface area contributed by atoms with Crippen LogP contribution in [0.1, 0.15) is 5.69 Å². The molecule has 0 amide bonds. The van der Waals surface area contributed by atoms with Crippen LogP contribution in [0.25, 0.3) is 0 Å². The Morgan fingerprint density at radius 1 is 1.50 bits per heavy atom. The van der Waals surface area contributed by atoms with E-state index in [1.165, 1.54) is 11.3 Å². The highest BCUT2D eigenvalue weighted by Crippen LogP contribution is 2.15. The minimum Gasteiger partial charge on any atom is -0.365 e. The lowest BCUT2D eigenvalue weighted by molar-refractivity contribution is -0.125. The molecule has 0 saturated carbocycles. The fourth-order valence-electron chi connectivity index (χ4n) is 0.835. The molecule has 0 fully saturated rings. The van der Waals surface area contributed by atoms with Crippen LogP contribution in [0.2, 0.25) is 0 Å². The molecule has 2 N–H and O–H groups in total. The number of hydrogen-bond donors (Lipinski definition) is 2. The van der Waals surface area contributed by atoms with Crippen LogP contribution in [0.5, 0.6) is 0 Å². The van der Waals surface area contributed by atoms with Gasteiger partial charge in [-0.1, -0.05) is 0 Å². The standard InChI is InChI=1S/C7H10F3N3S/c1-11-6-13-5(3-14-6)2-12-4-7(8,9)10/h3,12H,2,4H2,1H3,(H,11,13). The van der Waals surface area contributed by atoms with E-state index in [2.05, 4.69) is 15.6 Å². The number of nitrogens with zero attached hydrogens (tertiary/aromatic N) is 1. The Morgan fingerprint density at radius 3 is 2.71 bits per heavy atom. The summed E-state index contributed by atoms with van der Waals surface area (Å²) in [4.78, 5) is 4.03. The van der Waals surface area contributed by atoms with Gasteiger partial charge in [-0.2, -0.15) is 13.2 Å². The van der Waals surface area contributed by atoms with Crippen molar-refractivity contribution in [3.63, 3.8) is 0 Å². The second kappa shape index (κ2) is 4.61. The number of aromatic nitrogens is 1. The quantitative estimate of drug-likeness (QED) is 0.821. The van der Waals surface area contributed by atoms with Crippen molar-refractivity contribution in [2.45, 2.75) is 12.7 Å². The predicted octanol–water partition coefficient (Wildman–Crippen LogP) is 1.84. The highest BCUT2D eigenvalue weighted by atomic mass is 32.1. The topological polar surface area (TPSA) is 37.0 Å². The first-order chi connectivity index (χ1) is 6.51. The molecule has 1 aromatic rings. The van der Waals surface area contributed by atoms with E-state index in [1.807, 2.05) is 0 Å². The summed E-state index contributed by atoms with van der Waals surface area (Å²) < 4.78 is 35.2. The van der Waals surface area contributed by atoms with E-state index in [0.29, 0.717) is 10.8 Å². The van der Waals surface area contributed by atoms with Crippen LogP contribution < -0.4 is 10.6 Å². The average Bonchev–Trinajstić information content (AvgIpc) is 2.50. The summed E-state index contributed by atoms with van der Waals surface area (Å²) in [7, 11) is 1.71. The molecule has 0 atom stereocenters. The highest BCUT2D eigenvalue weighted by molar-refractivity contribution is 7.13. The van der Waals surface area contributed by atoms with Crippen molar-refractivity contribution in [3.05, 3.63) is 11.1 Å². The monoisotopic (exact) mass is 225 g/mol. The van der Waals surface area contributed by atoms with Gasteiger partial charge in [0.25, 0.3) is 0 Å². The Balaban J connectivity index is 2.31. The number of anilines is 1. The van der Waals surface area contributed by atoms with Crippen LogP contribution in [0, 0.1) is 0 Å². The number of nitrogens with one attached hydrogen (secondary N) is 2. The first-order valence-electron chi connectivity index (χ1n) is 3.91. The van der Waals surface area contributed by atoms with E-state index in [1.54, 1.807) is 12.4 Å². The summed E-state index contributed by atoms with van der Waals surface area (Å²) in [6, 6.07) is 0. The van der Waals surface area contributed by atoms with Crippen molar-refractivity contribution < 1.29 is 13.2 Å². The Morgan fingerprint density at radius 2 is 2.21 bits per heavy atom. The molecular weight excluding hydrogens is 215 g/mol. The molecule has 0 aliphatic heterocycles. The molecule has 14 heavy (non-hydrogen) atoms. The van der Waals surface area contributed by atoms with Crippen molar-refractivity contribution in [3.8, 4) is 0 Å². The minimum atomic E-state index is -4.16. The third-order valence-electron chi connectivity index (χ3n) is 1.40. The zero-order valence-electron chi connectivity index (χ0n) is 7.48. The van der Waals surface area contributed by atoms with Crippen molar-refractivity contribution in [2.24, 2.45) is 0 Å². The molecule has 80 valence electrons. The second-order valence-corrected chi connectivity index (χ2v) is 3.47. The van der Waals surface area contributed by atoms with Crippen LogP contribution in [-0.2, 0) is 6.54 Å². The lowest BCUT2D eigenvalue weighted by Gasteiger charge is -2.06. The molecule has 0 bridgehead atoms. The van der Waals surface area contributed by atoms with Crippen LogP contribution in [-0.4, -0.2) is 24.8 Å². The van der Waals surface area contributed by atoms with Crippen LogP contribution in [0.15, 0.2) is 5.38 Å². The number of rotatable bonds is 4. The Hall–Kier alpha value is -0.820. The molecule has 0 saturated heterocycles. The molecule has 0 spiro atoms. The summed E-state index contributed by atoms with van der Waals surface area (Å²) in [5, 5.41) is 7.50. The van der Waals surface area contributed by atoms with Crippen LogP contribution >= 0.6 is 11.3 Å². The largest absolute Gasteiger partial charge is 0.401 e. The molecular formula is C7H10F3N3S. The molecule has 1 aromatic heterocycles. The zero-order chi connectivity index (χ0) is 10.6.